The zero-order valence-electron chi connectivity index (χ0n) is 8.23. The molecule has 0 atom stereocenters. The Kier molecular flexibility index (Phi) is 6.81. The van der Waals surface area contributed by atoms with Crippen LogP contribution in [-0.4, -0.2) is 31.3 Å². The van der Waals surface area contributed by atoms with Crippen molar-refractivity contribution < 1.29 is 9.47 Å². The molecule has 0 aliphatic rings. The number of rotatable bonds is 6. The Hall–Kier alpha value is 0.210. The monoisotopic (exact) mass is 194 g/mol. The minimum absolute atomic E-state index is 0.0597. The van der Waals surface area contributed by atoms with Crippen LogP contribution in [0.2, 0.25) is 0 Å². The Labute approximate surface area is 80.2 Å². The van der Waals surface area contributed by atoms with Gasteiger partial charge in [0.2, 0.25) is 0 Å². The molecular weight excluding hydrogens is 176 g/mol. The fraction of sp³-hybridized carbons (Fsp3) is 1.00. The van der Waals surface area contributed by atoms with Crippen LogP contribution in [0, 0.1) is 0 Å². The molecule has 2 nitrogen and oxygen atoms in total. The molecule has 0 aromatic heterocycles. The fourth-order valence-corrected chi connectivity index (χ4v) is 0.775. The second-order valence-electron chi connectivity index (χ2n) is 3.62. The Balaban J connectivity index is 3.01. The van der Waals surface area contributed by atoms with Gasteiger partial charge in [-0.1, -0.05) is 0 Å². The average molecular weight is 195 g/mol. The van der Waals surface area contributed by atoms with Gasteiger partial charge in [-0.3, -0.25) is 0 Å². The molecule has 0 aromatic rings. The van der Waals surface area contributed by atoms with Gasteiger partial charge in [-0.25, -0.2) is 0 Å². The third-order valence-electron chi connectivity index (χ3n) is 1.19. The van der Waals surface area contributed by atoms with E-state index in [2.05, 4.69) is 0 Å². The Morgan fingerprint density at radius 1 is 1.08 bits per heavy atom. The lowest BCUT2D eigenvalue weighted by Crippen LogP contribution is -2.21. The molecule has 0 saturated heterocycles. The minimum Gasteiger partial charge on any atom is -0.379 e. The molecule has 74 valence electrons. The summed E-state index contributed by atoms with van der Waals surface area (Å²) in [5.41, 5.74) is -0.0597. The van der Waals surface area contributed by atoms with Gasteiger partial charge in [0.25, 0.3) is 0 Å². The van der Waals surface area contributed by atoms with Gasteiger partial charge in [-0.2, -0.15) is 0 Å². The van der Waals surface area contributed by atoms with Crippen molar-refractivity contribution in [3.63, 3.8) is 0 Å². The molecule has 0 aliphatic heterocycles. The van der Waals surface area contributed by atoms with E-state index in [1.807, 2.05) is 20.8 Å². The summed E-state index contributed by atoms with van der Waals surface area (Å²) in [6.07, 6.45) is 0.914. The predicted octanol–water partition coefficient (Wildman–Crippen LogP) is 2.45. The van der Waals surface area contributed by atoms with E-state index in [1.54, 1.807) is 0 Å². The van der Waals surface area contributed by atoms with Gasteiger partial charge in [0.15, 0.2) is 0 Å². The standard InChI is InChI=1S/C9H19ClO2/c1-9(2,3)12-8-7-11-6-4-5-10/h4-8H2,1-3H3. The van der Waals surface area contributed by atoms with Gasteiger partial charge in [0.05, 0.1) is 18.8 Å². The number of hydrogen-bond donors (Lipinski definition) is 0. The van der Waals surface area contributed by atoms with Crippen molar-refractivity contribution in [2.24, 2.45) is 0 Å². The van der Waals surface area contributed by atoms with Crippen molar-refractivity contribution in [2.45, 2.75) is 32.8 Å². The highest BCUT2D eigenvalue weighted by atomic mass is 35.5. The van der Waals surface area contributed by atoms with Crippen molar-refractivity contribution in [3.05, 3.63) is 0 Å². The van der Waals surface area contributed by atoms with Crippen LogP contribution in [0.25, 0.3) is 0 Å². The molecule has 0 rings (SSSR count). The first kappa shape index (κ1) is 12.2. The summed E-state index contributed by atoms with van der Waals surface area (Å²) >= 11 is 5.48. The first-order chi connectivity index (χ1) is 5.56. The van der Waals surface area contributed by atoms with Crippen molar-refractivity contribution in [2.75, 3.05) is 25.7 Å². The summed E-state index contributed by atoms with van der Waals surface area (Å²) in [5, 5.41) is 0. The lowest BCUT2D eigenvalue weighted by molar-refractivity contribution is -0.0346. The van der Waals surface area contributed by atoms with Gasteiger partial charge in [-0.05, 0) is 27.2 Å². The molecule has 0 amide bonds. The first-order valence-corrected chi connectivity index (χ1v) is 4.87. The summed E-state index contributed by atoms with van der Waals surface area (Å²) in [7, 11) is 0. The molecule has 0 spiro atoms. The molecular formula is C9H19ClO2. The van der Waals surface area contributed by atoms with Crippen LogP contribution in [0.15, 0.2) is 0 Å². The highest BCUT2D eigenvalue weighted by molar-refractivity contribution is 6.17. The molecule has 0 bridgehead atoms. The maximum absolute atomic E-state index is 5.48. The van der Waals surface area contributed by atoms with Crippen LogP contribution >= 0.6 is 11.6 Å². The molecule has 3 heteroatoms. The highest BCUT2D eigenvalue weighted by Gasteiger charge is 2.08. The van der Waals surface area contributed by atoms with Gasteiger partial charge in [0, 0.05) is 12.5 Å². The van der Waals surface area contributed by atoms with E-state index in [9.17, 15) is 0 Å². The molecule has 0 heterocycles. The molecule has 0 fully saturated rings. The molecule has 0 saturated carbocycles. The zero-order valence-corrected chi connectivity index (χ0v) is 8.99. The maximum Gasteiger partial charge on any atom is 0.0707 e. The van der Waals surface area contributed by atoms with Crippen molar-refractivity contribution in [3.8, 4) is 0 Å². The van der Waals surface area contributed by atoms with Crippen molar-refractivity contribution in [1.29, 1.82) is 0 Å². The van der Waals surface area contributed by atoms with Crippen LogP contribution in [-0.2, 0) is 9.47 Å². The van der Waals surface area contributed by atoms with Crippen LogP contribution < -0.4 is 0 Å². The quantitative estimate of drug-likeness (QED) is 0.478. The highest BCUT2D eigenvalue weighted by Crippen LogP contribution is 2.05. The van der Waals surface area contributed by atoms with Gasteiger partial charge in [-0.15, -0.1) is 11.6 Å². The summed E-state index contributed by atoms with van der Waals surface area (Å²) in [6, 6.07) is 0. The lowest BCUT2D eigenvalue weighted by Gasteiger charge is -2.19. The van der Waals surface area contributed by atoms with E-state index in [4.69, 9.17) is 21.1 Å². The van der Waals surface area contributed by atoms with Crippen LogP contribution in [0.3, 0.4) is 0 Å². The van der Waals surface area contributed by atoms with E-state index in [-0.39, 0.29) is 5.60 Å². The maximum atomic E-state index is 5.48. The van der Waals surface area contributed by atoms with E-state index >= 15 is 0 Å². The fourth-order valence-electron chi connectivity index (χ4n) is 0.665. The predicted molar refractivity (Wildman–Crippen MR) is 51.9 cm³/mol. The van der Waals surface area contributed by atoms with E-state index < -0.39 is 0 Å². The normalized spacial score (nSPS) is 12.0. The van der Waals surface area contributed by atoms with Crippen molar-refractivity contribution >= 4 is 11.6 Å². The summed E-state index contributed by atoms with van der Waals surface area (Å²) in [4.78, 5) is 0. The molecule has 0 N–H and O–H groups in total. The minimum atomic E-state index is -0.0597. The van der Waals surface area contributed by atoms with Gasteiger partial charge >= 0.3 is 0 Å². The lowest BCUT2D eigenvalue weighted by atomic mass is 10.2. The van der Waals surface area contributed by atoms with Gasteiger partial charge in [0.1, 0.15) is 0 Å². The summed E-state index contributed by atoms with van der Waals surface area (Å²) in [5.74, 6) is 0.667. The second kappa shape index (κ2) is 6.70. The SMILES string of the molecule is CC(C)(C)OCCOCCCCl. The summed E-state index contributed by atoms with van der Waals surface area (Å²) < 4.78 is 10.7. The largest absolute Gasteiger partial charge is 0.379 e. The molecule has 0 unspecified atom stereocenters. The Bertz CT molecular complexity index is 99.2. The average Bonchev–Trinajstić information content (AvgIpc) is 1.94. The zero-order chi connectivity index (χ0) is 9.45. The molecule has 0 aromatic carbocycles. The third kappa shape index (κ3) is 10.2. The number of hydrogen-bond acceptors (Lipinski definition) is 2. The second-order valence-corrected chi connectivity index (χ2v) is 3.99. The first-order valence-electron chi connectivity index (χ1n) is 4.34. The smallest absolute Gasteiger partial charge is 0.0707 e. The van der Waals surface area contributed by atoms with Crippen LogP contribution in [0.5, 0.6) is 0 Å². The van der Waals surface area contributed by atoms with E-state index in [0.717, 1.165) is 13.0 Å². The van der Waals surface area contributed by atoms with Crippen LogP contribution in [0.1, 0.15) is 27.2 Å². The topological polar surface area (TPSA) is 18.5 Å². The third-order valence-corrected chi connectivity index (χ3v) is 1.45. The number of alkyl halides is 1. The number of ether oxygens (including phenoxy) is 2. The molecule has 12 heavy (non-hydrogen) atoms. The molecule has 0 radical (unpaired) electrons. The summed E-state index contributed by atoms with van der Waals surface area (Å²) in [6.45, 7) is 8.15. The Morgan fingerprint density at radius 2 is 1.75 bits per heavy atom. The number of halogens is 1. The van der Waals surface area contributed by atoms with Crippen molar-refractivity contribution in [1.82, 2.24) is 0 Å². The van der Waals surface area contributed by atoms with E-state index in [1.165, 1.54) is 0 Å². The Morgan fingerprint density at radius 3 is 2.25 bits per heavy atom. The van der Waals surface area contributed by atoms with Crippen LogP contribution in [0.4, 0.5) is 0 Å². The van der Waals surface area contributed by atoms with Gasteiger partial charge < -0.3 is 9.47 Å². The van der Waals surface area contributed by atoms with E-state index in [0.29, 0.717) is 19.1 Å². The molecule has 0 aliphatic carbocycles.